The molecule has 0 bridgehead atoms. The number of nitrogens with zero attached hydrogens (tertiary/aromatic N) is 1. The molecule has 0 heterocycles. The topological polar surface area (TPSA) is 52.6 Å². The molecule has 0 spiro atoms. The summed E-state index contributed by atoms with van der Waals surface area (Å²) in [5.41, 5.74) is 3.87. The predicted octanol–water partition coefficient (Wildman–Crippen LogP) is 1.73. The highest BCUT2D eigenvalue weighted by atomic mass is 32.2. The van der Waals surface area contributed by atoms with Crippen LogP contribution in [0.4, 0.5) is 5.69 Å². The molecule has 0 aliphatic rings. The van der Waals surface area contributed by atoms with Crippen LogP contribution >= 0.6 is 24.0 Å². The van der Waals surface area contributed by atoms with Crippen LogP contribution in [0.3, 0.4) is 0 Å². The van der Waals surface area contributed by atoms with Gasteiger partial charge in [-0.15, -0.1) is 0 Å². The Morgan fingerprint density at radius 1 is 1.50 bits per heavy atom. The quantitative estimate of drug-likeness (QED) is 0.632. The number of aliphatic carboxylic acids is 1. The van der Waals surface area contributed by atoms with Crippen molar-refractivity contribution >= 4 is 40.0 Å². The van der Waals surface area contributed by atoms with Crippen LogP contribution in [0.15, 0.2) is 30.3 Å². The van der Waals surface area contributed by atoms with E-state index in [1.165, 1.54) is 0 Å². The van der Waals surface area contributed by atoms with Crippen molar-refractivity contribution < 1.29 is 9.90 Å². The Balaban J connectivity index is 2.43. The van der Waals surface area contributed by atoms with Gasteiger partial charge in [-0.2, -0.15) is 0 Å². The summed E-state index contributed by atoms with van der Waals surface area (Å²) >= 11 is 6.08. The number of anilines is 1. The fourth-order valence-corrected chi connectivity index (χ4v) is 1.78. The van der Waals surface area contributed by atoms with Gasteiger partial charge in [0.2, 0.25) is 0 Å². The summed E-state index contributed by atoms with van der Waals surface area (Å²) in [7, 11) is 1.82. The van der Waals surface area contributed by atoms with Crippen molar-refractivity contribution in [1.29, 1.82) is 0 Å². The average molecular weight is 256 g/mol. The van der Waals surface area contributed by atoms with Gasteiger partial charge in [-0.1, -0.05) is 42.2 Å². The zero-order valence-electron chi connectivity index (χ0n) is 8.71. The van der Waals surface area contributed by atoms with Crippen molar-refractivity contribution in [3.8, 4) is 0 Å². The minimum Gasteiger partial charge on any atom is -0.481 e. The summed E-state index contributed by atoms with van der Waals surface area (Å²) in [4.78, 5) is 10.3. The lowest BCUT2D eigenvalue weighted by atomic mass is 10.3. The number of para-hydroxylation sites is 1. The lowest BCUT2D eigenvalue weighted by molar-refractivity contribution is -0.133. The van der Waals surface area contributed by atoms with E-state index in [0.29, 0.717) is 4.32 Å². The van der Waals surface area contributed by atoms with E-state index in [2.05, 4.69) is 5.43 Å². The number of hydrogen-bond donors (Lipinski definition) is 2. The van der Waals surface area contributed by atoms with Crippen molar-refractivity contribution in [3.05, 3.63) is 30.3 Å². The molecule has 86 valence electrons. The molecule has 4 nitrogen and oxygen atoms in total. The van der Waals surface area contributed by atoms with Gasteiger partial charge in [-0.3, -0.25) is 15.2 Å². The van der Waals surface area contributed by atoms with E-state index in [-0.39, 0.29) is 5.75 Å². The Bertz CT molecular complexity index is 370. The molecule has 0 unspecified atom stereocenters. The molecular formula is C10H12N2O2S2. The lowest BCUT2D eigenvalue weighted by Gasteiger charge is -2.21. The first-order valence-electron chi connectivity index (χ1n) is 4.53. The third-order valence-corrected chi connectivity index (χ3v) is 2.92. The molecular weight excluding hydrogens is 244 g/mol. The van der Waals surface area contributed by atoms with Crippen LogP contribution in [0.2, 0.25) is 0 Å². The number of rotatable bonds is 4. The average Bonchev–Trinajstić information content (AvgIpc) is 2.27. The van der Waals surface area contributed by atoms with Crippen LogP contribution in [0.25, 0.3) is 0 Å². The maximum Gasteiger partial charge on any atom is 0.313 e. The monoisotopic (exact) mass is 256 g/mol. The van der Waals surface area contributed by atoms with Gasteiger partial charge < -0.3 is 5.11 Å². The van der Waals surface area contributed by atoms with Crippen LogP contribution in [0.5, 0.6) is 0 Å². The number of thiocarbonyl (C=S) groups is 1. The number of nitrogens with one attached hydrogen (secondary N) is 1. The van der Waals surface area contributed by atoms with E-state index < -0.39 is 5.97 Å². The molecule has 6 heteroatoms. The number of hydrazine groups is 1. The van der Waals surface area contributed by atoms with E-state index in [1.54, 1.807) is 5.01 Å². The van der Waals surface area contributed by atoms with E-state index >= 15 is 0 Å². The number of carboxylic acids is 1. The second kappa shape index (κ2) is 6.34. The first kappa shape index (κ1) is 12.8. The third-order valence-electron chi connectivity index (χ3n) is 1.73. The van der Waals surface area contributed by atoms with Crippen LogP contribution in [-0.4, -0.2) is 28.2 Å². The van der Waals surface area contributed by atoms with E-state index in [4.69, 9.17) is 17.3 Å². The minimum atomic E-state index is -0.878. The molecule has 0 amide bonds. The van der Waals surface area contributed by atoms with Gasteiger partial charge in [0.05, 0.1) is 11.4 Å². The Morgan fingerprint density at radius 3 is 2.69 bits per heavy atom. The maximum absolute atomic E-state index is 10.3. The SMILES string of the molecule is CN(NC(=S)SCC(=O)O)c1ccccc1. The summed E-state index contributed by atoms with van der Waals surface area (Å²) in [6.07, 6.45) is 0. The van der Waals surface area contributed by atoms with Crippen LogP contribution in [0, 0.1) is 0 Å². The standard InChI is InChI=1S/C10H12N2O2S2/c1-12(8-5-3-2-4-6-8)11-10(15)16-7-9(13)14/h2-6H,7H2,1H3,(H,11,15)(H,13,14). The molecule has 1 aromatic carbocycles. The van der Waals surface area contributed by atoms with Crippen molar-refractivity contribution in [2.24, 2.45) is 0 Å². The molecule has 1 aromatic rings. The number of carboxylic acid groups (broad SMARTS) is 1. The predicted molar refractivity (Wildman–Crippen MR) is 70.7 cm³/mol. The number of benzene rings is 1. The Kier molecular flexibility index (Phi) is 5.07. The molecule has 0 aromatic heterocycles. The Morgan fingerprint density at radius 2 is 2.12 bits per heavy atom. The van der Waals surface area contributed by atoms with E-state index in [9.17, 15) is 4.79 Å². The molecule has 1 rings (SSSR count). The zero-order valence-corrected chi connectivity index (χ0v) is 10.3. The minimum absolute atomic E-state index is 0.0333. The first-order valence-corrected chi connectivity index (χ1v) is 5.93. The third kappa shape index (κ3) is 4.50. The molecule has 0 radical (unpaired) electrons. The second-order valence-electron chi connectivity index (χ2n) is 2.98. The van der Waals surface area contributed by atoms with Gasteiger partial charge in [0.1, 0.15) is 0 Å². The number of hydrogen-bond acceptors (Lipinski definition) is 4. The molecule has 0 aliphatic heterocycles. The van der Waals surface area contributed by atoms with Crippen molar-refractivity contribution in [2.75, 3.05) is 17.8 Å². The molecule has 0 saturated heterocycles. The molecule has 0 atom stereocenters. The lowest BCUT2D eigenvalue weighted by Crippen LogP contribution is -2.37. The summed E-state index contributed by atoms with van der Waals surface area (Å²) in [5, 5.41) is 10.2. The normalized spacial score (nSPS) is 9.56. The van der Waals surface area contributed by atoms with Crippen LogP contribution in [0.1, 0.15) is 0 Å². The Labute approximate surface area is 104 Å². The highest BCUT2D eigenvalue weighted by Crippen LogP contribution is 2.10. The van der Waals surface area contributed by atoms with Gasteiger partial charge in [-0.05, 0) is 12.1 Å². The first-order chi connectivity index (χ1) is 7.59. The summed E-state index contributed by atoms with van der Waals surface area (Å²) < 4.78 is 0.439. The summed E-state index contributed by atoms with van der Waals surface area (Å²) in [6, 6.07) is 9.62. The molecule has 2 N–H and O–H groups in total. The number of carbonyl (C=O) groups is 1. The van der Waals surface area contributed by atoms with Gasteiger partial charge >= 0.3 is 5.97 Å². The highest BCUT2D eigenvalue weighted by molar-refractivity contribution is 8.23. The number of thioether (sulfide) groups is 1. The Hall–Kier alpha value is -1.27. The van der Waals surface area contributed by atoms with Crippen molar-refractivity contribution in [3.63, 3.8) is 0 Å². The van der Waals surface area contributed by atoms with Gasteiger partial charge in [-0.25, -0.2) is 0 Å². The second-order valence-corrected chi connectivity index (χ2v) is 4.63. The smallest absolute Gasteiger partial charge is 0.313 e. The molecule has 0 fully saturated rings. The van der Waals surface area contributed by atoms with Gasteiger partial charge in [0.15, 0.2) is 4.32 Å². The van der Waals surface area contributed by atoms with E-state index in [0.717, 1.165) is 17.4 Å². The fraction of sp³-hybridized carbons (Fsp3) is 0.200. The fourth-order valence-electron chi connectivity index (χ4n) is 1.01. The van der Waals surface area contributed by atoms with Gasteiger partial charge in [0, 0.05) is 7.05 Å². The van der Waals surface area contributed by atoms with Crippen molar-refractivity contribution in [1.82, 2.24) is 5.43 Å². The van der Waals surface area contributed by atoms with E-state index in [1.807, 2.05) is 37.4 Å². The summed E-state index contributed by atoms with van der Waals surface area (Å²) in [6.45, 7) is 0. The molecule has 16 heavy (non-hydrogen) atoms. The largest absolute Gasteiger partial charge is 0.481 e. The van der Waals surface area contributed by atoms with Gasteiger partial charge in [0.25, 0.3) is 0 Å². The molecule has 0 saturated carbocycles. The zero-order chi connectivity index (χ0) is 12.0. The van der Waals surface area contributed by atoms with Crippen LogP contribution in [-0.2, 0) is 4.79 Å². The molecule has 0 aliphatic carbocycles. The van der Waals surface area contributed by atoms with Crippen molar-refractivity contribution in [2.45, 2.75) is 0 Å². The summed E-state index contributed by atoms with van der Waals surface area (Å²) in [5.74, 6) is -0.911. The van der Waals surface area contributed by atoms with Crippen LogP contribution < -0.4 is 10.4 Å². The highest BCUT2D eigenvalue weighted by Gasteiger charge is 2.05. The maximum atomic E-state index is 10.3.